The van der Waals surface area contributed by atoms with Gasteiger partial charge in [0.25, 0.3) is 5.91 Å². The highest BCUT2D eigenvalue weighted by atomic mass is 35.5. The Kier molecular flexibility index (Phi) is 3.73. The van der Waals surface area contributed by atoms with E-state index in [1.807, 2.05) is 29.6 Å². The van der Waals surface area contributed by atoms with Crippen molar-refractivity contribution in [2.24, 2.45) is 0 Å². The minimum Gasteiger partial charge on any atom is -0.480 e. The SMILES string of the molecule is O=C(C1Cc2cc(Cl)ccc2O1)N1CCCC(n2ccnc2)C1. The van der Waals surface area contributed by atoms with Crippen LogP contribution in [0, 0.1) is 0 Å². The van der Waals surface area contributed by atoms with E-state index < -0.39 is 6.10 Å². The quantitative estimate of drug-likeness (QED) is 0.850. The van der Waals surface area contributed by atoms with Gasteiger partial charge in [0, 0.05) is 36.9 Å². The summed E-state index contributed by atoms with van der Waals surface area (Å²) in [4.78, 5) is 18.8. The molecule has 0 aliphatic carbocycles. The first kappa shape index (κ1) is 14.6. The van der Waals surface area contributed by atoms with Crippen LogP contribution in [0.3, 0.4) is 0 Å². The zero-order valence-corrected chi connectivity index (χ0v) is 13.4. The topological polar surface area (TPSA) is 47.4 Å². The smallest absolute Gasteiger partial charge is 0.264 e. The van der Waals surface area contributed by atoms with Gasteiger partial charge in [-0.05, 0) is 36.6 Å². The molecule has 0 spiro atoms. The van der Waals surface area contributed by atoms with E-state index in [-0.39, 0.29) is 5.91 Å². The standard InChI is InChI=1S/C17H18ClN3O2/c18-13-3-4-15-12(8-13)9-16(23-15)17(22)20-6-1-2-14(10-20)21-7-5-19-11-21/h3-5,7-8,11,14,16H,1-2,6,9-10H2. The summed E-state index contributed by atoms with van der Waals surface area (Å²) in [6.07, 6.45) is 7.81. The van der Waals surface area contributed by atoms with Crippen molar-refractivity contribution in [1.29, 1.82) is 0 Å². The molecule has 1 aromatic heterocycles. The second-order valence-electron chi connectivity index (χ2n) is 6.15. The number of carbonyl (C=O) groups excluding carboxylic acids is 1. The third kappa shape index (κ3) is 2.81. The number of halogens is 1. The number of likely N-dealkylation sites (tertiary alicyclic amines) is 1. The first-order valence-electron chi connectivity index (χ1n) is 7.92. The van der Waals surface area contributed by atoms with Crippen molar-refractivity contribution >= 4 is 17.5 Å². The fraction of sp³-hybridized carbons (Fsp3) is 0.412. The summed E-state index contributed by atoms with van der Waals surface area (Å²) >= 11 is 6.02. The van der Waals surface area contributed by atoms with Gasteiger partial charge in [0.2, 0.25) is 0 Å². The predicted octanol–water partition coefficient (Wildman–Crippen LogP) is 2.70. The summed E-state index contributed by atoms with van der Waals surface area (Å²) in [6.45, 7) is 1.51. The summed E-state index contributed by atoms with van der Waals surface area (Å²) in [5, 5.41) is 0.679. The molecule has 6 heteroatoms. The number of piperidine rings is 1. The zero-order chi connectivity index (χ0) is 15.8. The van der Waals surface area contributed by atoms with Gasteiger partial charge in [0.15, 0.2) is 6.10 Å². The number of ether oxygens (including phenoxy) is 1. The van der Waals surface area contributed by atoms with Crippen LogP contribution in [0.5, 0.6) is 5.75 Å². The highest BCUT2D eigenvalue weighted by molar-refractivity contribution is 6.30. The summed E-state index contributed by atoms with van der Waals surface area (Å²) in [5.41, 5.74) is 1.01. The van der Waals surface area contributed by atoms with Crippen molar-refractivity contribution in [3.63, 3.8) is 0 Å². The minimum absolute atomic E-state index is 0.0714. The second kappa shape index (κ2) is 5.89. The maximum atomic E-state index is 12.8. The molecular formula is C17H18ClN3O2. The highest BCUT2D eigenvalue weighted by Crippen LogP contribution is 2.32. The third-order valence-corrected chi connectivity index (χ3v) is 4.86. The molecule has 2 aromatic rings. The van der Waals surface area contributed by atoms with E-state index in [9.17, 15) is 4.79 Å². The molecule has 5 nitrogen and oxygen atoms in total. The Balaban J connectivity index is 1.45. The van der Waals surface area contributed by atoms with Gasteiger partial charge in [0.05, 0.1) is 12.4 Å². The Morgan fingerprint density at radius 2 is 2.30 bits per heavy atom. The molecule has 1 aromatic carbocycles. The molecule has 2 aliphatic heterocycles. The van der Waals surface area contributed by atoms with Crippen molar-refractivity contribution in [3.8, 4) is 5.75 Å². The minimum atomic E-state index is -0.426. The molecule has 1 amide bonds. The van der Waals surface area contributed by atoms with E-state index in [2.05, 4.69) is 9.55 Å². The number of fused-ring (bicyclic) bond motifs is 1. The van der Waals surface area contributed by atoms with E-state index in [1.54, 1.807) is 12.3 Å². The summed E-state index contributed by atoms with van der Waals surface area (Å²) in [5.74, 6) is 0.845. The van der Waals surface area contributed by atoms with Gasteiger partial charge in [-0.1, -0.05) is 11.6 Å². The van der Waals surface area contributed by atoms with E-state index in [1.165, 1.54) is 0 Å². The molecule has 3 heterocycles. The van der Waals surface area contributed by atoms with E-state index in [0.717, 1.165) is 30.7 Å². The van der Waals surface area contributed by atoms with Gasteiger partial charge < -0.3 is 14.2 Å². The van der Waals surface area contributed by atoms with Crippen LogP contribution >= 0.6 is 11.6 Å². The fourth-order valence-electron chi connectivity index (χ4n) is 3.44. The van der Waals surface area contributed by atoms with Crippen molar-refractivity contribution in [2.45, 2.75) is 31.4 Å². The van der Waals surface area contributed by atoms with E-state index in [0.29, 0.717) is 24.0 Å². The molecule has 2 atom stereocenters. The van der Waals surface area contributed by atoms with E-state index in [4.69, 9.17) is 16.3 Å². The first-order chi connectivity index (χ1) is 11.2. The maximum absolute atomic E-state index is 12.8. The van der Waals surface area contributed by atoms with Crippen LogP contribution in [0.1, 0.15) is 24.4 Å². The molecular weight excluding hydrogens is 314 g/mol. The van der Waals surface area contributed by atoms with Crippen molar-refractivity contribution < 1.29 is 9.53 Å². The van der Waals surface area contributed by atoms with Gasteiger partial charge >= 0.3 is 0 Å². The lowest BCUT2D eigenvalue weighted by atomic mass is 10.0. The molecule has 0 N–H and O–H groups in total. The third-order valence-electron chi connectivity index (χ3n) is 4.63. The number of carbonyl (C=O) groups is 1. The Morgan fingerprint density at radius 1 is 1.39 bits per heavy atom. The Bertz CT molecular complexity index is 717. The van der Waals surface area contributed by atoms with Crippen LogP contribution < -0.4 is 4.74 Å². The second-order valence-corrected chi connectivity index (χ2v) is 6.59. The Hall–Kier alpha value is -2.01. The lowest BCUT2D eigenvalue weighted by molar-refractivity contribution is -0.139. The number of benzene rings is 1. The summed E-state index contributed by atoms with van der Waals surface area (Å²) < 4.78 is 7.92. The zero-order valence-electron chi connectivity index (χ0n) is 12.7. The lowest BCUT2D eigenvalue weighted by Crippen LogP contribution is -2.46. The van der Waals surface area contributed by atoms with Gasteiger partial charge in [-0.2, -0.15) is 0 Å². The maximum Gasteiger partial charge on any atom is 0.264 e. The van der Waals surface area contributed by atoms with Gasteiger partial charge in [-0.15, -0.1) is 0 Å². The van der Waals surface area contributed by atoms with Gasteiger partial charge in [0.1, 0.15) is 5.75 Å². The van der Waals surface area contributed by atoms with Crippen molar-refractivity contribution in [1.82, 2.24) is 14.5 Å². The van der Waals surface area contributed by atoms with Crippen molar-refractivity contribution in [2.75, 3.05) is 13.1 Å². The van der Waals surface area contributed by atoms with Crippen LogP contribution in [0.4, 0.5) is 0 Å². The number of nitrogens with zero attached hydrogens (tertiary/aromatic N) is 3. The lowest BCUT2D eigenvalue weighted by Gasteiger charge is -2.34. The predicted molar refractivity (Wildman–Crippen MR) is 86.7 cm³/mol. The van der Waals surface area contributed by atoms with E-state index >= 15 is 0 Å². The molecule has 0 radical (unpaired) electrons. The fourth-order valence-corrected chi connectivity index (χ4v) is 3.64. The average Bonchev–Trinajstić information content (AvgIpc) is 3.23. The number of rotatable bonds is 2. The Labute approximate surface area is 139 Å². The average molecular weight is 332 g/mol. The molecule has 2 aliphatic rings. The van der Waals surface area contributed by atoms with Crippen LogP contribution in [0.15, 0.2) is 36.9 Å². The van der Waals surface area contributed by atoms with Crippen LogP contribution in [0.25, 0.3) is 0 Å². The number of hydrogen-bond donors (Lipinski definition) is 0. The number of hydrogen-bond acceptors (Lipinski definition) is 3. The monoisotopic (exact) mass is 331 g/mol. The molecule has 1 saturated heterocycles. The number of amides is 1. The molecule has 4 rings (SSSR count). The summed E-state index contributed by atoms with van der Waals surface area (Å²) in [7, 11) is 0. The van der Waals surface area contributed by atoms with Gasteiger partial charge in [-0.3, -0.25) is 4.79 Å². The summed E-state index contributed by atoms with van der Waals surface area (Å²) in [6, 6.07) is 5.82. The van der Waals surface area contributed by atoms with Crippen molar-refractivity contribution in [3.05, 3.63) is 47.5 Å². The molecule has 120 valence electrons. The highest BCUT2D eigenvalue weighted by Gasteiger charge is 2.34. The van der Waals surface area contributed by atoms with Crippen LogP contribution in [-0.2, 0) is 11.2 Å². The van der Waals surface area contributed by atoms with Crippen LogP contribution in [-0.4, -0.2) is 39.6 Å². The normalized spacial score (nSPS) is 23.4. The first-order valence-corrected chi connectivity index (χ1v) is 8.30. The molecule has 2 unspecified atom stereocenters. The largest absolute Gasteiger partial charge is 0.480 e. The molecule has 23 heavy (non-hydrogen) atoms. The Morgan fingerprint density at radius 3 is 3.13 bits per heavy atom. The number of aromatic nitrogens is 2. The number of imidazole rings is 1. The molecule has 1 fully saturated rings. The molecule has 0 saturated carbocycles. The van der Waals surface area contributed by atoms with Gasteiger partial charge in [-0.25, -0.2) is 4.98 Å². The van der Waals surface area contributed by atoms with Crippen LogP contribution in [0.2, 0.25) is 5.02 Å². The molecule has 0 bridgehead atoms.